The molecule has 6 heteroatoms. The molecule has 0 bridgehead atoms. The van der Waals surface area contributed by atoms with Crippen molar-refractivity contribution in [3.63, 3.8) is 0 Å². The minimum atomic E-state index is -0.0251. The van der Waals surface area contributed by atoms with Gasteiger partial charge in [-0.2, -0.15) is 15.0 Å². The number of ether oxygens (including phenoxy) is 1. The summed E-state index contributed by atoms with van der Waals surface area (Å²) >= 11 is 5.87. The Morgan fingerprint density at radius 2 is 1.85 bits per heavy atom. The fraction of sp³-hybridized carbons (Fsp3) is 0.357. The fourth-order valence-electron chi connectivity index (χ4n) is 1.60. The van der Waals surface area contributed by atoms with E-state index in [4.69, 9.17) is 16.3 Å². The van der Waals surface area contributed by atoms with Gasteiger partial charge in [-0.25, -0.2) is 0 Å². The molecule has 0 unspecified atom stereocenters. The molecule has 0 radical (unpaired) electrons. The molecule has 0 aliphatic rings. The molecule has 1 N–H and O–H groups in total. The first-order valence-electron chi connectivity index (χ1n) is 6.36. The van der Waals surface area contributed by atoms with E-state index in [0.717, 1.165) is 5.69 Å². The minimum Gasteiger partial charge on any atom is -0.461 e. The molecule has 0 aliphatic heterocycles. The van der Waals surface area contributed by atoms with E-state index in [1.807, 2.05) is 39.0 Å². The third kappa shape index (κ3) is 3.81. The number of anilines is 2. The van der Waals surface area contributed by atoms with Gasteiger partial charge in [-0.3, -0.25) is 0 Å². The van der Waals surface area contributed by atoms with Crippen LogP contribution in [0.1, 0.15) is 25.0 Å². The summed E-state index contributed by atoms with van der Waals surface area (Å²) in [7, 11) is 0. The van der Waals surface area contributed by atoms with E-state index in [0.29, 0.717) is 5.95 Å². The molecule has 1 aromatic carbocycles. The molecule has 0 spiro atoms. The molecule has 5 nitrogen and oxygen atoms in total. The van der Waals surface area contributed by atoms with E-state index in [-0.39, 0.29) is 17.4 Å². The van der Waals surface area contributed by atoms with Crippen LogP contribution in [0, 0.1) is 13.8 Å². The van der Waals surface area contributed by atoms with Gasteiger partial charge in [-0.15, -0.1) is 0 Å². The number of benzene rings is 1. The maximum absolute atomic E-state index is 5.87. The molecule has 2 aromatic rings. The quantitative estimate of drug-likeness (QED) is 0.931. The number of hydrogen-bond donors (Lipinski definition) is 1. The summed E-state index contributed by atoms with van der Waals surface area (Å²) in [6.45, 7) is 7.91. The summed E-state index contributed by atoms with van der Waals surface area (Å²) in [5, 5.41) is 3.20. The summed E-state index contributed by atoms with van der Waals surface area (Å²) in [4.78, 5) is 12.1. The van der Waals surface area contributed by atoms with Gasteiger partial charge in [0.05, 0.1) is 6.10 Å². The highest BCUT2D eigenvalue weighted by Gasteiger charge is 2.08. The van der Waals surface area contributed by atoms with Crippen molar-refractivity contribution in [2.45, 2.75) is 33.8 Å². The summed E-state index contributed by atoms with van der Waals surface area (Å²) in [6.07, 6.45) is -0.0251. The largest absolute Gasteiger partial charge is 0.461 e. The molecule has 1 aromatic heterocycles. The average molecular weight is 293 g/mol. The van der Waals surface area contributed by atoms with Gasteiger partial charge in [-0.1, -0.05) is 6.07 Å². The van der Waals surface area contributed by atoms with Crippen molar-refractivity contribution in [3.8, 4) is 6.01 Å². The number of hydrogen-bond acceptors (Lipinski definition) is 5. The van der Waals surface area contributed by atoms with Crippen molar-refractivity contribution < 1.29 is 4.74 Å². The third-order valence-corrected chi connectivity index (χ3v) is 2.86. The molecule has 0 saturated heterocycles. The second kappa shape index (κ2) is 6.05. The van der Waals surface area contributed by atoms with E-state index in [2.05, 4.69) is 27.2 Å². The summed E-state index contributed by atoms with van der Waals surface area (Å²) in [6, 6.07) is 6.23. The lowest BCUT2D eigenvalue weighted by Crippen LogP contribution is -2.10. The van der Waals surface area contributed by atoms with Crippen LogP contribution in [0.2, 0.25) is 5.28 Å². The molecule has 20 heavy (non-hydrogen) atoms. The van der Waals surface area contributed by atoms with Crippen LogP contribution >= 0.6 is 11.6 Å². The first-order chi connectivity index (χ1) is 9.44. The van der Waals surface area contributed by atoms with Gasteiger partial charge in [0.1, 0.15) is 0 Å². The van der Waals surface area contributed by atoms with Crippen LogP contribution in [0.5, 0.6) is 6.01 Å². The maximum Gasteiger partial charge on any atom is 0.322 e. The number of aryl methyl sites for hydroxylation is 2. The van der Waals surface area contributed by atoms with Crippen molar-refractivity contribution in [1.29, 1.82) is 0 Å². The second-order valence-electron chi connectivity index (χ2n) is 4.80. The Morgan fingerprint density at radius 3 is 2.50 bits per heavy atom. The van der Waals surface area contributed by atoms with Crippen molar-refractivity contribution in [2.75, 3.05) is 5.32 Å². The van der Waals surface area contributed by atoms with Crippen molar-refractivity contribution in [1.82, 2.24) is 15.0 Å². The average Bonchev–Trinajstić information content (AvgIpc) is 2.32. The zero-order chi connectivity index (χ0) is 14.7. The highest BCUT2D eigenvalue weighted by molar-refractivity contribution is 6.28. The third-order valence-electron chi connectivity index (χ3n) is 2.69. The topological polar surface area (TPSA) is 59.9 Å². The predicted octanol–water partition coefficient (Wildman–Crippen LogP) is 3.67. The Hall–Kier alpha value is -1.88. The minimum absolute atomic E-state index is 0.0251. The number of nitrogens with one attached hydrogen (secondary N) is 1. The van der Waals surface area contributed by atoms with E-state index in [1.54, 1.807) is 0 Å². The molecule has 0 atom stereocenters. The molecule has 1 heterocycles. The van der Waals surface area contributed by atoms with Crippen molar-refractivity contribution >= 4 is 23.2 Å². The molecular formula is C14H17ClN4O. The van der Waals surface area contributed by atoms with Gasteiger partial charge in [0.15, 0.2) is 0 Å². The smallest absolute Gasteiger partial charge is 0.322 e. The van der Waals surface area contributed by atoms with E-state index >= 15 is 0 Å². The van der Waals surface area contributed by atoms with Gasteiger partial charge >= 0.3 is 6.01 Å². The molecular weight excluding hydrogens is 276 g/mol. The highest BCUT2D eigenvalue weighted by atomic mass is 35.5. The lowest BCUT2D eigenvalue weighted by atomic mass is 10.1. The number of halogens is 1. The van der Waals surface area contributed by atoms with Gasteiger partial charge < -0.3 is 10.1 Å². The Kier molecular flexibility index (Phi) is 4.39. The van der Waals surface area contributed by atoms with Crippen molar-refractivity contribution in [3.05, 3.63) is 34.6 Å². The van der Waals surface area contributed by atoms with Gasteiger partial charge in [0.25, 0.3) is 0 Å². The van der Waals surface area contributed by atoms with Crippen LogP contribution in [0.3, 0.4) is 0 Å². The van der Waals surface area contributed by atoms with Gasteiger partial charge in [0.2, 0.25) is 11.2 Å². The number of aromatic nitrogens is 3. The first kappa shape index (κ1) is 14.5. The molecule has 106 valence electrons. The van der Waals surface area contributed by atoms with E-state index in [9.17, 15) is 0 Å². The zero-order valence-electron chi connectivity index (χ0n) is 11.9. The molecule has 0 aliphatic carbocycles. The zero-order valence-corrected chi connectivity index (χ0v) is 12.7. The Bertz CT molecular complexity index is 616. The molecule has 0 saturated carbocycles. The normalized spacial score (nSPS) is 10.7. The van der Waals surface area contributed by atoms with Crippen LogP contribution < -0.4 is 10.1 Å². The Labute approximate surface area is 123 Å². The molecule has 0 amide bonds. The van der Waals surface area contributed by atoms with Crippen LogP contribution in [0.25, 0.3) is 0 Å². The first-order valence-corrected chi connectivity index (χ1v) is 6.74. The SMILES string of the molecule is Cc1ccc(Nc2nc(Cl)nc(OC(C)C)n2)cc1C. The molecule has 2 rings (SSSR count). The van der Waals surface area contributed by atoms with Gasteiger partial charge in [0, 0.05) is 5.69 Å². The lowest BCUT2D eigenvalue weighted by molar-refractivity contribution is 0.222. The van der Waals surface area contributed by atoms with Crippen LogP contribution in [0.15, 0.2) is 18.2 Å². The summed E-state index contributed by atoms with van der Waals surface area (Å²) in [5.41, 5.74) is 3.31. The molecule has 0 fully saturated rings. The standard InChI is InChI=1S/C14H17ClN4O/c1-8(2)20-14-18-12(15)17-13(19-14)16-11-6-5-9(3)10(4)7-11/h5-8H,1-4H3,(H,16,17,18,19). The van der Waals surface area contributed by atoms with Crippen molar-refractivity contribution in [2.24, 2.45) is 0 Å². The van der Waals surface area contributed by atoms with Gasteiger partial charge in [-0.05, 0) is 62.6 Å². The Balaban J connectivity index is 2.24. The second-order valence-corrected chi connectivity index (χ2v) is 5.14. The van der Waals surface area contributed by atoms with Crippen LogP contribution in [-0.2, 0) is 0 Å². The lowest BCUT2D eigenvalue weighted by Gasteiger charge is -2.10. The number of nitrogens with zero attached hydrogens (tertiary/aromatic N) is 3. The highest BCUT2D eigenvalue weighted by Crippen LogP contribution is 2.19. The summed E-state index contributed by atoms with van der Waals surface area (Å²) < 4.78 is 5.43. The van der Waals surface area contributed by atoms with Crippen LogP contribution in [-0.4, -0.2) is 21.1 Å². The van der Waals surface area contributed by atoms with E-state index in [1.165, 1.54) is 11.1 Å². The Morgan fingerprint density at radius 1 is 1.10 bits per heavy atom. The van der Waals surface area contributed by atoms with E-state index < -0.39 is 0 Å². The van der Waals surface area contributed by atoms with Crippen LogP contribution in [0.4, 0.5) is 11.6 Å². The summed E-state index contributed by atoms with van der Waals surface area (Å²) in [5.74, 6) is 0.365. The monoisotopic (exact) mass is 292 g/mol. The fourth-order valence-corrected chi connectivity index (χ4v) is 1.75. The predicted molar refractivity (Wildman–Crippen MR) is 79.8 cm³/mol. The number of rotatable bonds is 4. The maximum atomic E-state index is 5.87.